The Balaban J connectivity index is 2.02. The number of rotatable bonds is 7. The number of carbonyl (C=O) groups is 1. The molecule has 0 radical (unpaired) electrons. The molecule has 2 aromatic rings. The number of Topliss-reactive ketones (excluding diaryl/α,β-unsaturated/α-hetero) is 1. The average Bonchev–Trinajstić information content (AvgIpc) is 3.01. The minimum absolute atomic E-state index is 0.0278. The van der Waals surface area contributed by atoms with Crippen molar-refractivity contribution in [3.8, 4) is 11.5 Å². The van der Waals surface area contributed by atoms with Gasteiger partial charge in [0.1, 0.15) is 11.5 Å². The third-order valence-electron chi connectivity index (χ3n) is 3.02. The van der Waals surface area contributed by atoms with Crippen molar-refractivity contribution in [2.24, 2.45) is 0 Å². The van der Waals surface area contributed by atoms with E-state index in [2.05, 4.69) is 4.98 Å². The van der Waals surface area contributed by atoms with Crippen LogP contribution in [0.5, 0.6) is 11.5 Å². The van der Waals surface area contributed by atoms with Gasteiger partial charge >= 0.3 is 0 Å². The molecule has 1 aromatic heterocycles. The maximum absolute atomic E-state index is 12.0. The number of ketones is 1. The first-order valence-corrected chi connectivity index (χ1v) is 7.34. The van der Waals surface area contributed by atoms with E-state index in [1.54, 1.807) is 25.8 Å². The minimum Gasteiger partial charge on any atom is -0.497 e. The molecule has 0 aliphatic carbocycles. The lowest BCUT2D eigenvalue weighted by molar-refractivity contribution is 0.0942. The maximum atomic E-state index is 12.0. The first-order valence-electron chi connectivity index (χ1n) is 6.46. The highest BCUT2D eigenvalue weighted by atomic mass is 32.1. The predicted octanol–water partition coefficient (Wildman–Crippen LogP) is 2.48. The van der Waals surface area contributed by atoms with Gasteiger partial charge in [0.2, 0.25) is 5.78 Å². The lowest BCUT2D eigenvalue weighted by Crippen LogP contribution is -2.25. The number of hydrogen-bond donors (Lipinski definition) is 0. The van der Waals surface area contributed by atoms with Crippen molar-refractivity contribution in [1.29, 1.82) is 0 Å². The fraction of sp³-hybridized carbons (Fsp3) is 0.333. The summed E-state index contributed by atoms with van der Waals surface area (Å²) in [5.41, 5.74) is 1.01. The molecule has 1 heterocycles. The lowest BCUT2D eigenvalue weighted by Gasteiger charge is -2.17. The van der Waals surface area contributed by atoms with Crippen LogP contribution in [0.25, 0.3) is 0 Å². The van der Waals surface area contributed by atoms with E-state index in [0.717, 1.165) is 17.1 Å². The van der Waals surface area contributed by atoms with Gasteiger partial charge in [-0.2, -0.15) is 0 Å². The van der Waals surface area contributed by atoms with Crippen LogP contribution < -0.4 is 9.47 Å². The van der Waals surface area contributed by atoms with E-state index >= 15 is 0 Å². The molecule has 0 bridgehead atoms. The Morgan fingerprint density at radius 3 is 2.76 bits per heavy atom. The van der Waals surface area contributed by atoms with Crippen LogP contribution in [0.3, 0.4) is 0 Å². The van der Waals surface area contributed by atoms with Crippen molar-refractivity contribution < 1.29 is 14.3 Å². The second kappa shape index (κ2) is 7.19. The number of carbonyl (C=O) groups excluding carboxylic acids is 1. The van der Waals surface area contributed by atoms with Gasteiger partial charge in [0, 0.05) is 29.8 Å². The summed E-state index contributed by atoms with van der Waals surface area (Å²) in [6.45, 7) is 0.937. The monoisotopic (exact) mass is 306 g/mol. The van der Waals surface area contributed by atoms with Gasteiger partial charge in [0.15, 0.2) is 5.01 Å². The Hall–Kier alpha value is -1.92. The molecule has 0 aliphatic rings. The SMILES string of the molecule is COc1ccc(CN(C)CC(=O)c2nccs2)c(OC)c1. The van der Waals surface area contributed by atoms with Gasteiger partial charge in [0.05, 0.1) is 20.8 Å². The predicted molar refractivity (Wildman–Crippen MR) is 82.3 cm³/mol. The second-order valence-electron chi connectivity index (χ2n) is 4.61. The quantitative estimate of drug-likeness (QED) is 0.736. The molecule has 0 saturated carbocycles. The molecule has 0 atom stereocenters. The number of hydrogen-bond acceptors (Lipinski definition) is 6. The molecule has 112 valence electrons. The van der Waals surface area contributed by atoms with Gasteiger partial charge in [-0.15, -0.1) is 11.3 Å². The van der Waals surface area contributed by atoms with E-state index in [-0.39, 0.29) is 5.78 Å². The Kier molecular flexibility index (Phi) is 5.30. The summed E-state index contributed by atoms with van der Waals surface area (Å²) in [7, 11) is 5.14. The molecular weight excluding hydrogens is 288 g/mol. The first-order chi connectivity index (χ1) is 10.1. The van der Waals surface area contributed by atoms with Gasteiger partial charge in [-0.3, -0.25) is 9.69 Å². The lowest BCUT2D eigenvalue weighted by atomic mass is 10.1. The van der Waals surface area contributed by atoms with Crippen molar-refractivity contribution >= 4 is 17.1 Å². The van der Waals surface area contributed by atoms with Crippen LogP contribution in [0.2, 0.25) is 0 Å². The number of thiazole rings is 1. The summed E-state index contributed by atoms with van der Waals surface area (Å²) in [4.78, 5) is 18.0. The molecule has 0 fully saturated rings. The second-order valence-corrected chi connectivity index (χ2v) is 5.51. The van der Waals surface area contributed by atoms with Crippen molar-refractivity contribution in [3.05, 3.63) is 40.3 Å². The zero-order valence-electron chi connectivity index (χ0n) is 12.3. The Morgan fingerprint density at radius 1 is 1.33 bits per heavy atom. The highest BCUT2D eigenvalue weighted by molar-refractivity contribution is 7.11. The van der Waals surface area contributed by atoms with Crippen LogP contribution in [0, 0.1) is 0 Å². The highest BCUT2D eigenvalue weighted by Gasteiger charge is 2.14. The molecule has 1 aromatic carbocycles. The summed E-state index contributed by atoms with van der Waals surface area (Å²) >= 11 is 1.36. The Labute approximate surface area is 128 Å². The molecule has 0 saturated heterocycles. The van der Waals surface area contributed by atoms with Gasteiger partial charge in [0.25, 0.3) is 0 Å². The number of nitrogens with zero attached hydrogens (tertiary/aromatic N) is 2. The molecule has 0 unspecified atom stereocenters. The normalized spacial score (nSPS) is 10.7. The third-order valence-corrected chi connectivity index (χ3v) is 3.83. The topological polar surface area (TPSA) is 51.7 Å². The van der Waals surface area contributed by atoms with Crippen LogP contribution >= 0.6 is 11.3 Å². The van der Waals surface area contributed by atoms with Gasteiger partial charge in [-0.1, -0.05) is 6.07 Å². The van der Waals surface area contributed by atoms with Crippen molar-refractivity contribution in [3.63, 3.8) is 0 Å². The van der Waals surface area contributed by atoms with Crippen molar-refractivity contribution in [1.82, 2.24) is 9.88 Å². The standard InChI is InChI=1S/C15H18N2O3S/c1-17(10-13(18)15-16-6-7-21-15)9-11-4-5-12(19-2)8-14(11)20-3/h4-8H,9-10H2,1-3H3. The van der Waals surface area contributed by atoms with E-state index in [4.69, 9.17) is 9.47 Å². The summed E-state index contributed by atoms with van der Waals surface area (Å²) < 4.78 is 10.5. The minimum atomic E-state index is 0.0278. The molecule has 0 amide bonds. The summed E-state index contributed by atoms with van der Waals surface area (Å²) in [6, 6.07) is 5.67. The van der Waals surface area contributed by atoms with Gasteiger partial charge < -0.3 is 9.47 Å². The highest BCUT2D eigenvalue weighted by Crippen LogP contribution is 2.25. The van der Waals surface area contributed by atoms with E-state index in [9.17, 15) is 4.79 Å². The molecule has 0 N–H and O–H groups in total. The molecule has 0 spiro atoms. The van der Waals surface area contributed by atoms with Gasteiger partial charge in [-0.25, -0.2) is 4.98 Å². The zero-order valence-corrected chi connectivity index (χ0v) is 13.1. The van der Waals surface area contributed by atoms with Crippen LogP contribution in [0.15, 0.2) is 29.8 Å². The largest absolute Gasteiger partial charge is 0.497 e. The fourth-order valence-corrected chi connectivity index (χ4v) is 2.57. The third kappa shape index (κ3) is 4.03. The molecule has 2 rings (SSSR count). The molecule has 6 heteroatoms. The fourth-order valence-electron chi connectivity index (χ4n) is 2.00. The number of aromatic nitrogens is 1. The number of benzene rings is 1. The van der Waals surface area contributed by atoms with Crippen molar-refractivity contribution in [2.75, 3.05) is 27.8 Å². The van der Waals surface area contributed by atoms with E-state index in [1.165, 1.54) is 11.3 Å². The Bertz CT molecular complexity index is 599. The number of ether oxygens (including phenoxy) is 2. The summed E-state index contributed by atoms with van der Waals surface area (Å²) in [6.07, 6.45) is 1.64. The summed E-state index contributed by atoms with van der Waals surface area (Å²) in [5.74, 6) is 1.53. The first kappa shape index (κ1) is 15.5. The molecular formula is C15H18N2O3S. The Morgan fingerprint density at radius 2 is 2.14 bits per heavy atom. The smallest absolute Gasteiger partial charge is 0.205 e. The molecule has 5 nitrogen and oxygen atoms in total. The van der Waals surface area contributed by atoms with E-state index < -0.39 is 0 Å². The molecule has 0 aliphatic heterocycles. The summed E-state index contributed by atoms with van der Waals surface area (Å²) in [5, 5.41) is 2.35. The van der Waals surface area contributed by atoms with E-state index in [1.807, 2.05) is 30.1 Å². The van der Waals surface area contributed by atoms with Crippen LogP contribution in [0.4, 0.5) is 0 Å². The van der Waals surface area contributed by atoms with Crippen LogP contribution in [-0.4, -0.2) is 43.5 Å². The maximum Gasteiger partial charge on any atom is 0.205 e. The number of methoxy groups -OCH3 is 2. The van der Waals surface area contributed by atoms with Crippen molar-refractivity contribution in [2.45, 2.75) is 6.54 Å². The van der Waals surface area contributed by atoms with Crippen LogP contribution in [0.1, 0.15) is 15.4 Å². The molecule has 21 heavy (non-hydrogen) atoms. The van der Waals surface area contributed by atoms with Crippen LogP contribution in [-0.2, 0) is 6.54 Å². The zero-order chi connectivity index (χ0) is 15.2. The average molecular weight is 306 g/mol. The number of likely N-dealkylation sites (N-methyl/N-ethyl adjacent to an activating group) is 1. The van der Waals surface area contributed by atoms with E-state index in [0.29, 0.717) is 18.1 Å². The van der Waals surface area contributed by atoms with Gasteiger partial charge in [-0.05, 0) is 13.1 Å².